The van der Waals surface area contributed by atoms with Crippen molar-refractivity contribution < 1.29 is 13.9 Å². The maximum absolute atomic E-state index is 13.6. The van der Waals surface area contributed by atoms with Crippen molar-refractivity contribution in [1.29, 1.82) is 0 Å². The number of anilines is 1. The number of piperazine rings is 1. The lowest BCUT2D eigenvalue weighted by atomic mass is 10.2. The van der Waals surface area contributed by atoms with Gasteiger partial charge in [0, 0.05) is 37.9 Å². The molecule has 192 valence electrons. The normalized spacial score (nSPS) is 14.3. The molecule has 0 bridgehead atoms. The molecule has 0 unspecified atom stereocenters. The molecule has 0 radical (unpaired) electrons. The molecule has 1 aliphatic heterocycles. The molecule has 0 spiro atoms. The van der Waals surface area contributed by atoms with E-state index in [1.54, 1.807) is 23.2 Å². The maximum Gasteiger partial charge on any atom is 0.410 e. The predicted octanol–water partition coefficient (Wildman–Crippen LogP) is 4.80. The Morgan fingerprint density at radius 3 is 2.35 bits per heavy atom. The van der Waals surface area contributed by atoms with Gasteiger partial charge >= 0.3 is 6.09 Å². The zero-order valence-electron chi connectivity index (χ0n) is 21.2. The van der Waals surface area contributed by atoms with Gasteiger partial charge in [0.1, 0.15) is 28.9 Å². The van der Waals surface area contributed by atoms with Crippen molar-refractivity contribution in [2.45, 2.75) is 31.5 Å². The Morgan fingerprint density at radius 1 is 0.946 bits per heavy atom. The van der Waals surface area contributed by atoms with Crippen molar-refractivity contribution in [1.82, 2.24) is 29.4 Å². The van der Waals surface area contributed by atoms with Crippen molar-refractivity contribution in [3.8, 4) is 17.2 Å². The lowest BCUT2D eigenvalue weighted by molar-refractivity contribution is 0.0240. The summed E-state index contributed by atoms with van der Waals surface area (Å²) in [5.74, 6) is 1.73. The summed E-state index contributed by atoms with van der Waals surface area (Å²) >= 11 is 1.45. The van der Waals surface area contributed by atoms with Crippen LogP contribution >= 0.6 is 11.8 Å². The lowest BCUT2D eigenvalue weighted by Gasteiger charge is -2.36. The zero-order valence-corrected chi connectivity index (χ0v) is 22.0. The Balaban J connectivity index is 1.48. The number of ether oxygens (including phenoxy) is 1. The molecule has 0 aliphatic carbocycles. The van der Waals surface area contributed by atoms with Crippen LogP contribution in [0.25, 0.3) is 28.4 Å². The Morgan fingerprint density at radius 2 is 1.68 bits per heavy atom. The van der Waals surface area contributed by atoms with Gasteiger partial charge in [-0.25, -0.2) is 29.1 Å². The van der Waals surface area contributed by atoms with Crippen LogP contribution in [0.2, 0.25) is 0 Å². The molecule has 1 fully saturated rings. The first-order valence-electron chi connectivity index (χ1n) is 12.0. The number of aromatic nitrogens is 5. The third-order valence-electron chi connectivity index (χ3n) is 5.89. The number of fused-ring (bicyclic) bond motifs is 1. The number of rotatable bonds is 4. The molecule has 0 atom stereocenters. The largest absolute Gasteiger partial charge is 0.444 e. The van der Waals surface area contributed by atoms with Crippen LogP contribution in [0.15, 0.2) is 53.8 Å². The highest BCUT2D eigenvalue weighted by molar-refractivity contribution is 7.98. The molecule has 4 aromatic rings. The standard InChI is InChI=1S/C26H28FN7O2S/c1-26(2,3)36-25(35)33-15-13-32(14-16-33)20-10-9-19-22(29-20)31-23(17-5-7-18(27)8-6-17)34(19)21-11-12-28-24(30-21)37-4/h5-12H,13-16H2,1-4H3. The van der Waals surface area contributed by atoms with Crippen LogP contribution in [0, 0.1) is 5.82 Å². The first-order valence-corrected chi connectivity index (χ1v) is 13.2. The van der Waals surface area contributed by atoms with E-state index in [9.17, 15) is 9.18 Å². The SMILES string of the molecule is CSc1nccc(-n2c(-c3ccc(F)cc3)nc3nc(N4CCN(C(=O)OC(C)(C)C)CC4)ccc32)n1. The van der Waals surface area contributed by atoms with Gasteiger partial charge in [-0.2, -0.15) is 0 Å². The third kappa shape index (κ3) is 5.36. The molecule has 4 heterocycles. The van der Waals surface area contributed by atoms with Crippen molar-refractivity contribution >= 4 is 34.8 Å². The predicted molar refractivity (Wildman–Crippen MR) is 142 cm³/mol. The van der Waals surface area contributed by atoms with E-state index < -0.39 is 5.60 Å². The summed E-state index contributed by atoms with van der Waals surface area (Å²) in [6, 6.07) is 12.0. The second-order valence-corrected chi connectivity index (χ2v) is 10.4. The van der Waals surface area contributed by atoms with Gasteiger partial charge in [0.25, 0.3) is 0 Å². The van der Waals surface area contributed by atoms with Crippen molar-refractivity contribution in [2.24, 2.45) is 0 Å². The molecule has 1 amide bonds. The van der Waals surface area contributed by atoms with Gasteiger partial charge in [-0.05, 0) is 69.5 Å². The van der Waals surface area contributed by atoms with Gasteiger partial charge in [-0.15, -0.1) is 0 Å². The second kappa shape index (κ2) is 9.97. The van der Waals surface area contributed by atoms with Crippen LogP contribution in [-0.2, 0) is 4.74 Å². The number of pyridine rings is 1. The Kier molecular flexibility index (Phi) is 6.72. The molecule has 37 heavy (non-hydrogen) atoms. The van der Waals surface area contributed by atoms with Crippen molar-refractivity contribution in [3.63, 3.8) is 0 Å². The monoisotopic (exact) mass is 521 g/mol. The van der Waals surface area contributed by atoms with Gasteiger partial charge in [-0.3, -0.25) is 4.57 Å². The van der Waals surface area contributed by atoms with Gasteiger partial charge < -0.3 is 14.5 Å². The number of carbonyl (C=O) groups is 1. The number of benzene rings is 1. The molecule has 0 N–H and O–H groups in total. The molecule has 5 rings (SSSR count). The smallest absolute Gasteiger partial charge is 0.410 e. The average molecular weight is 522 g/mol. The number of hydrogen-bond donors (Lipinski definition) is 0. The third-order valence-corrected chi connectivity index (χ3v) is 6.45. The summed E-state index contributed by atoms with van der Waals surface area (Å²) in [6.45, 7) is 7.94. The number of amides is 1. The van der Waals surface area contributed by atoms with E-state index in [0.29, 0.717) is 48.6 Å². The second-order valence-electron chi connectivity index (χ2n) is 9.65. The fourth-order valence-corrected chi connectivity index (χ4v) is 4.50. The topological polar surface area (TPSA) is 89.3 Å². The van der Waals surface area contributed by atoms with Crippen LogP contribution in [0.4, 0.5) is 15.0 Å². The van der Waals surface area contributed by atoms with Gasteiger partial charge in [0.15, 0.2) is 10.8 Å². The fourth-order valence-electron chi connectivity index (χ4n) is 4.15. The minimum atomic E-state index is -0.526. The molecular weight excluding hydrogens is 493 g/mol. The molecule has 0 saturated carbocycles. The molecule has 11 heteroatoms. The summed E-state index contributed by atoms with van der Waals surface area (Å²) in [5, 5.41) is 0.636. The van der Waals surface area contributed by atoms with E-state index in [2.05, 4.69) is 14.9 Å². The van der Waals surface area contributed by atoms with E-state index >= 15 is 0 Å². The van der Waals surface area contributed by atoms with Gasteiger partial charge in [-0.1, -0.05) is 11.8 Å². The van der Waals surface area contributed by atoms with Crippen LogP contribution < -0.4 is 4.90 Å². The van der Waals surface area contributed by atoms with E-state index in [1.807, 2.05) is 49.8 Å². The maximum atomic E-state index is 13.6. The summed E-state index contributed by atoms with van der Waals surface area (Å²) in [4.78, 5) is 34.9. The molecule has 3 aromatic heterocycles. The molecule has 1 aliphatic rings. The summed E-state index contributed by atoms with van der Waals surface area (Å²) in [6.07, 6.45) is 3.33. The minimum Gasteiger partial charge on any atom is -0.444 e. The van der Waals surface area contributed by atoms with Crippen molar-refractivity contribution in [3.05, 3.63) is 54.5 Å². The summed E-state index contributed by atoms with van der Waals surface area (Å²) in [7, 11) is 0. The Labute approximate surface area is 218 Å². The number of carbonyl (C=O) groups excluding carboxylic acids is 1. The average Bonchev–Trinajstić information content (AvgIpc) is 3.27. The van der Waals surface area contributed by atoms with Crippen LogP contribution in [0.3, 0.4) is 0 Å². The summed E-state index contributed by atoms with van der Waals surface area (Å²) in [5.41, 5.74) is 1.55. The van der Waals surface area contributed by atoms with E-state index in [0.717, 1.165) is 16.9 Å². The van der Waals surface area contributed by atoms with E-state index in [4.69, 9.17) is 14.7 Å². The zero-order chi connectivity index (χ0) is 26.2. The Bertz CT molecular complexity index is 1430. The number of imidazole rings is 1. The molecular formula is C26H28FN7O2S. The molecule has 1 aromatic carbocycles. The first kappa shape index (κ1) is 24.9. The number of nitrogens with zero attached hydrogens (tertiary/aromatic N) is 7. The number of thioether (sulfide) groups is 1. The van der Waals surface area contributed by atoms with Crippen LogP contribution in [0.5, 0.6) is 0 Å². The fraction of sp³-hybridized carbons (Fsp3) is 0.346. The van der Waals surface area contributed by atoms with E-state index in [-0.39, 0.29) is 11.9 Å². The molecule has 9 nitrogen and oxygen atoms in total. The molecule has 1 saturated heterocycles. The quantitative estimate of drug-likeness (QED) is 0.280. The van der Waals surface area contributed by atoms with Gasteiger partial charge in [0.05, 0.1) is 5.52 Å². The highest BCUT2D eigenvalue weighted by Crippen LogP contribution is 2.29. The highest BCUT2D eigenvalue weighted by atomic mass is 32.2. The van der Waals surface area contributed by atoms with E-state index in [1.165, 1.54) is 23.9 Å². The lowest BCUT2D eigenvalue weighted by Crippen LogP contribution is -2.50. The number of halogens is 1. The first-order chi connectivity index (χ1) is 17.7. The highest BCUT2D eigenvalue weighted by Gasteiger charge is 2.27. The number of hydrogen-bond acceptors (Lipinski definition) is 8. The minimum absolute atomic E-state index is 0.298. The Hall–Kier alpha value is -3.73. The van der Waals surface area contributed by atoms with Crippen molar-refractivity contribution in [2.75, 3.05) is 37.3 Å². The van der Waals surface area contributed by atoms with Gasteiger partial charge in [0.2, 0.25) is 0 Å². The summed E-state index contributed by atoms with van der Waals surface area (Å²) < 4.78 is 21.1. The van der Waals surface area contributed by atoms with Crippen LogP contribution in [0.1, 0.15) is 20.8 Å². The van der Waals surface area contributed by atoms with Crippen LogP contribution in [-0.4, -0.2) is 73.5 Å².